The van der Waals surface area contributed by atoms with E-state index in [1.165, 1.54) is 0 Å². The van der Waals surface area contributed by atoms with Crippen LogP contribution in [0.1, 0.15) is 5.56 Å². The number of aromatic hydroxyl groups is 1. The monoisotopic (exact) mass is 248 g/mol. The van der Waals surface area contributed by atoms with Crippen LogP contribution in [0.4, 0.5) is 13.2 Å². The summed E-state index contributed by atoms with van der Waals surface area (Å²) in [6, 6.07) is 3.19. The fourth-order valence-corrected chi connectivity index (χ4v) is 1.04. The van der Waals surface area contributed by atoms with E-state index in [1.807, 2.05) is 0 Å². The number of hydrogen-bond acceptors (Lipinski definition) is 3. The third-order valence-electron chi connectivity index (χ3n) is 1.49. The molecule has 0 spiro atoms. The molecular formula is C10H7F3O2S. The Bertz CT molecular complexity index is 432. The number of halogens is 3. The molecule has 1 aromatic carbocycles. The maximum absolute atomic E-state index is 12.0. The van der Waals surface area contributed by atoms with Crippen LogP contribution in [0.2, 0.25) is 0 Å². The Hall–Kier alpha value is -1.48. The molecule has 0 heterocycles. The number of phenolic OH excluding ortho intramolecular Hbond substituents is 1. The molecule has 0 saturated heterocycles. The predicted octanol–water partition coefficient (Wildman–Crippen LogP) is 2.57. The summed E-state index contributed by atoms with van der Waals surface area (Å²) in [5, 5.41) is 9.11. The number of benzene rings is 1. The first kappa shape index (κ1) is 12.6. The van der Waals surface area contributed by atoms with Crippen molar-refractivity contribution in [2.24, 2.45) is 0 Å². The molecule has 0 aromatic heterocycles. The highest BCUT2D eigenvalue weighted by molar-refractivity contribution is 7.80. The Morgan fingerprint density at radius 1 is 1.38 bits per heavy atom. The Morgan fingerprint density at radius 3 is 2.62 bits per heavy atom. The maximum Gasteiger partial charge on any atom is 0.573 e. The van der Waals surface area contributed by atoms with Gasteiger partial charge in [-0.3, -0.25) is 0 Å². The highest BCUT2D eigenvalue weighted by Crippen LogP contribution is 2.28. The van der Waals surface area contributed by atoms with Crippen molar-refractivity contribution in [2.45, 2.75) is 6.36 Å². The third kappa shape index (κ3) is 3.95. The zero-order valence-electron chi connectivity index (χ0n) is 7.88. The third-order valence-corrected chi connectivity index (χ3v) is 1.65. The van der Waals surface area contributed by atoms with Crippen LogP contribution >= 0.6 is 12.6 Å². The molecule has 0 amide bonds. The Balaban J connectivity index is 3.08. The lowest BCUT2D eigenvalue weighted by atomic mass is 10.2. The van der Waals surface area contributed by atoms with Crippen molar-refractivity contribution in [3.63, 3.8) is 0 Å². The molecule has 0 unspecified atom stereocenters. The second-order valence-electron chi connectivity index (χ2n) is 2.69. The van der Waals surface area contributed by atoms with Crippen LogP contribution in [0.3, 0.4) is 0 Å². The van der Waals surface area contributed by atoms with E-state index in [-0.39, 0.29) is 17.1 Å². The van der Waals surface area contributed by atoms with Gasteiger partial charge in [-0.15, -0.1) is 13.2 Å². The summed E-state index contributed by atoms with van der Waals surface area (Å²) in [7, 11) is 0. The van der Waals surface area contributed by atoms with Gasteiger partial charge in [-0.25, -0.2) is 0 Å². The fraction of sp³-hybridized carbons (Fsp3) is 0.200. The Morgan fingerprint density at radius 2 is 2.06 bits per heavy atom. The van der Waals surface area contributed by atoms with Crippen molar-refractivity contribution in [1.29, 1.82) is 0 Å². The first-order chi connectivity index (χ1) is 7.42. The normalized spacial score (nSPS) is 10.5. The van der Waals surface area contributed by atoms with Crippen LogP contribution in [0.25, 0.3) is 0 Å². The van der Waals surface area contributed by atoms with Gasteiger partial charge >= 0.3 is 6.36 Å². The minimum absolute atomic E-state index is 0.0358. The summed E-state index contributed by atoms with van der Waals surface area (Å²) < 4.78 is 39.7. The van der Waals surface area contributed by atoms with Crippen LogP contribution in [0.5, 0.6) is 11.5 Å². The average molecular weight is 248 g/mol. The van der Waals surface area contributed by atoms with Crippen LogP contribution in [0.15, 0.2) is 18.2 Å². The molecule has 1 aromatic rings. The minimum Gasteiger partial charge on any atom is -0.508 e. The molecule has 1 N–H and O–H groups in total. The molecule has 0 aliphatic heterocycles. The van der Waals surface area contributed by atoms with E-state index in [2.05, 4.69) is 29.2 Å². The zero-order valence-corrected chi connectivity index (χ0v) is 8.77. The van der Waals surface area contributed by atoms with Gasteiger partial charge in [0.15, 0.2) is 0 Å². The van der Waals surface area contributed by atoms with Gasteiger partial charge in [0.1, 0.15) is 11.5 Å². The number of thiol groups is 1. The molecule has 1 rings (SSSR count). The molecule has 0 aliphatic rings. The van der Waals surface area contributed by atoms with Crippen molar-refractivity contribution in [1.82, 2.24) is 0 Å². The number of rotatable bonds is 1. The first-order valence-corrected chi connectivity index (χ1v) is 4.74. The lowest BCUT2D eigenvalue weighted by Crippen LogP contribution is -2.17. The smallest absolute Gasteiger partial charge is 0.508 e. The van der Waals surface area contributed by atoms with Crippen molar-refractivity contribution >= 4 is 12.6 Å². The second-order valence-corrected chi connectivity index (χ2v) is 3.00. The van der Waals surface area contributed by atoms with Gasteiger partial charge in [-0.2, -0.15) is 12.6 Å². The molecule has 0 fully saturated rings. The highest BCUT2D eigenvalue weighted by Gasteiger charge is 2.32. The van der Waals surface area contributed by atoms with Crippen LogP contribution < -0.4 is 4.74 Å². The van der Waals surface area contributed by atoms with E-state index in [0.29, 0.717) is 0 Å². The van der Waals surface area contributed by atoms with Crippen molar-refractivity contribution < 1.29 is 23.0 Å². The van der Waals surface area contributed by atoms with Gasteiger partial charge in [0.2, 0.25) is 0 Å². The van der Waals surface area contributed by atoms with Crippen molar-refractivity contribution in [3.8, 4) is 23.3 Å². The lowest BCUT2D eigenvalue weighted by Gasteiger charge is -2.10. The Kier molecular flexibility index (Phi) is 3.96. The largest absolute Gasteiger partial charge is 0.573 e. The van der Waals surface area contributed by atoms with E-state index in [0.717, 1.165) is 18.2 Å². The van der Waals surface area contributed by atoms with E-state index >= 15 is 0 Å². The van der Waals surface area contributed by atoms with E-state index in [4.69, 9.17) is 5.11 Å². The molecule has 0 atom stereocenters. The average Bonchev–Trinajstić information content (AvgIpc) is 2.16. The van der Waals surface area contributed by atoms with Gasteiger partial charge in [-0.05, 0) is 18.2 Å². The van der Waals surface area contributed by atoms with Gasteiger partial charge in [0.25, 0.3) is 0 Å². The molecule has 2 nitrogen and oxygen atoms in total. The van der Waals surface area contributed by atoms with Crippen LogP contribution in [-0.4, -0.2) is 17.2 Å². The molecule has 86 valence electrons. The van der Waals surface area contributed by atoms with Gasteiger partial charge in [-0.1, -0.05) is 11.8 Å². The summed E-state index contributed by atoms with van der Waals surface area (Å²) >= 11 is 3.80. The molecule has 0 aliphatic carbocycles. The quantitative estimate of drug-likeness (QED) is 0.591. The Labute approximate surface area is 95.4 Å². The van der Waals surface area contributed by atoms with Gasteiger partial charge in [0, 0.05) is 0 Å². The van der Waals surface area contributed by atoms with Crippen LogP contribution in [0, 0.1) is 11.8 Å². The predicted molar refractivity (Wildman–Crippen MR) is 55.5 cm³/mol. The number of ether oxygens (including phenoxy) is 1. The summed E-state index contributed by atoms with van der Waals surface area (Å²) in [4.78, 5) is 0. The standard InChI is InChI=1S/C10H7F3O2S/c11-10(12,13)15-9-4-3-8(14)6-7(9)2-1-5-16/h3-4,6,14,16H,5H2. The minimum atomic E-state index is -4.78. The van der Waals surface area contributed by atoms with E-state index < -0.39 is 12.1 Å². The summed E-state index contributed by atoms with van der Waals surface area (Å²) in [6.45, 7) is 0. The summed E-state index contributed by atoms with van der Waals surface area (Å²) in [5.41, 5.74) is -0.0358. The van der Waals surface area contributed by atoms with E-state index in [1.54, 1.807) is 0 Å². The van der Waals surface area contributed by atoms with Crippen LogP contribution in [-0.2, 0) is 0 Å². The molecule has 0 bridgehead atoms. The molecule has 0 saturated carbocycles. The molecule has 16 heavy (non-hydrogen) atoms. The topological polar surface area (TPSA) is 29.5 Å². The van der Waals surface area contributed by atoms with Gasteiger partial charge in [0.05, 0.1) is 11.3 Å². The van der Waals surface area contributed by atoms with Gasteiger partial charge < -0.3 is 9.84 Å². The number of alkyl halides is 3. The van der Waals surface area contributed by atoms with E-state index in [9.17, 15) is 13.2 Å². The molecule has 6 heteroatoms. The van der Waals surface area contributed by atoms with Crippen molar-refractivity contribution in [2.75, 3.05) is 5.75 Å². The lowest BCUT2D eigenvalue weighted by molar-refractivity contribution is -0.274. The maximum atomic E-state index is 12.0. The second kappa shape index (κ2) is 5.03. The number of hydrogen-bond donors (Lipinski definition) is 2. The zero-order chi connectivity index (χ0) is 12.2. The summed E-state index contributed by atoms with van der Waals surface area (Å²) in [6.07, 6.45) is -4.78. The fourth-order valence-electron chi connectivity index (χ4n) is 0.964. The van der Waals surface area contributed by atoms with Crippen molar-refractivity contribution in [3.05, 3.63) is 23.8 Å². The SMILES string of the molecule is Oc1ccc(OC(F)(F)F)c(C#CCS)c1. The first-order valence-electron chi connectivity index (χ1n) is 4.11. The number of phenols is 1. The molecule has 0 radical (unpaired) electrons. The summed E-state index contributed by atoms with van der Waals surface area (Å²) in [5.74, 6) is 4.46. The highest BCUT2D eigenvalue weighted by atomic mass is 32.1. The molecular weight excluding hydrogens is 241 g/mol.